The Hall–Kier alpha value is -1.55. The highest BCUT2D eigenvalue weighted by Crippen LogP contribution is 2.18. The first-order chi connectivity index (χ1) is 9.08. The third kappa shape index (κ3) is 4.91. The number of ether oxygens (including phenoxy) is 1. The molecule has 1 rings (SSSR count). The SMILES string of the molecule is CCN(CC)CC(C)COc1ccccc1C(=O)O. The van der Waals surface area contributed by atoms with E-state index in [-0.39, 0.29) is 5.56 Å². The highest BCUT2D eigenvalue weighted by atomic mass is 16.5. The van der Waals surface area contributed by atoms with Crippen molar-refractivity contribution in [2.75, 3.05) is 26.2 Å². The van der Waals surface area contributed by atoms with Gasteiger partial charge >= 0.3 is 5.97 Å². The van der Waals surface area contributed by atoms with Crippen LogP contribution >= 0.6 is 0 Å². The minimum Gasteiger partial charge on any atom is -0.492 e. The van der Waals surface area contributed by atoms with Gasteiger partial charge in [-0.2, -0.15) is 0 Å². The smallest absolute Gasteiger partial charge is 0.339 e. The number of rotatable bonds is 8. The molecular weight excluding hydrogens is 242 g/mol. The summed E-state index contributed by atoms with van der Waals surface area (Å²) in [5.41, 5.74) is 0.220. The second-order valence-electron chi connectivity index (χ2n) is 4.70. The van der Waals surface area contributed by atoms with Gasteiger partial charge in [-0.1, -0.05) is 32.9 Å². The van der Waals surface area contributed by atoms with E-state index in [1.54, 1.807) is 24.3 Å². The molecule has 0 amide bonds. The van der Waals surface area contributed by atoms with Crippen molar-refractivity contribution in [1.29, 1.82) is 0 Å². The summed E-state index contributed by atoms with van der Waals surface area (Å²) >= 11 is 0. The van der Waals surface area contributed by atoms with E-state index in [0.29, 0.717) is 18.3 Å². The molecule has 1 unspecified atom stereocenters. The normalized spacial score (nSPS) is 12.4. The number of hydrogen-bond donors (Lipinski definition) is 1. The number of benzene rings is 1. The van der Waals surface area contributed by atoms with Crippen LogP contribution in [0.1, 0.15) is 31.1 Å². The van der Waals surface area contributed by atoms with E-state index in [4.69, 9.17) is 9.84 Å². The number of carboxylic acid groups (broad SMARTS) is 1. The molecule has 1 aromatic rings. The molecule has 0 saturated carbocycles. The molecule has 0 saturated heterocycles. The zero-order valence-corrected chi connectivity index (χ0v) is 11.9. The number of hydrogen-bond acceptors (Lipinski definition) is 3. The molecule has 4 heteroatoms. The van der Waals surface area contributed by atoms with E-state index in [2.05, 4.69) is 25.7 Å². The molecule has 0 spiro atoms. The standard InChI is InChI=1S/C15H23NO3/c1-4-16(5-2)10-12(3)11-19-14-9-7-6-8-13(14)15(17)18/h6-9,12H,4-5,10-11H2,1-3H3,(H,17,18). The van der Waals surface area contributed by atoms with E-state index in [0.717, 1.165) is 19.6 Å². The summed E-state index contributed by atoms with van der Waals surface area (Å²) in [6, 6.07) is 6.76. The molecule has 0 aliphatic carbocycles. The monoisotopic (exact) mass is 265 g/mol. The van der Waals surface area contributed by atoms with Crippen LogP contribution in [0.2, 0.25) is 0 Å². The Bertz CT molecular complexity index is 402. The van der Waals surface area contributed by atoms with E-state index >= 15 is 0 Å². The molecule has 19 heavy (non-hydrogen) atoms. The van der Waals surface area contributed by atoms with Gasteiger partial charge in [0.05, 0.1) is 6.61 Å². The molecule has 0 aliphatic rings. The molecular formula is C15H23NO3. The molecule has 1 atom stereocenters. The summed E-state index contributed by atoms with van der Waals surface area (Å²) < 4.78 is 5.64. The highest BCUT2D eigenvalue weighted by Gasteiger charge is 2.12. The number of para-hydroxylation sites is 1. The number of nitrogens with zero attached hydrogens (tertiary/aromatic N) is 1. The Morgan fingerprint density at radius 1 is 1.32 bits per heavy atom. The molecule has 106 valence electrons. The maximum Gasteiger partial charge on any atom is 0.339 e. The summed E-state index contributed by atoms with van der Waals surface area (Å²) in [6.45, 7) is 9.91. The quantitative estimate of drug-likeness (QED) is 0.785. The van der Waals surface area contributed by atoms with Gasteiger partial charge in [0.1, 0.15) is 11.3 Å². The molecule has 4 nitrogen and oxygen atoms in total. The largest absolute Gasteiger partial charge is 0.492 e. The highest BCUT2D eigenvalue weighted by molar-refractivity contribution is 5.90. The fourth-order valence-electron chi connectivity index (χ4n) is 1.98. The lowest BCUT2D eigenvalue weighted by Crippen LogP contribution is -2.30. The summed E-state index contributed by atoms with van der Waals surface area (Å²) in [7, 11) is 0. The van der Waals surface area contributed by atoms with Crippen LogP contribution in [0.4, 0.5) is 0 Å². The van der Waals surface area contributed by atoms with Crippen molar-refractivity contribution in [3.8, 4) is 5.75 Å². The van der Waals surface area contributed by atoms with Gasteiger partial charge in [-0.15, -0.1) is 0 Å². The van der Waals surface area contributed by atoms with Gasteiger partial charge in [-0.25, -0.2) is 4.79 Å². The van der Waals surface area contributed by atoms with Crippen molar-refractivity contribution in [3.63, 3.8) is 0 Å². The lowest BCUT2D eigenvalue weighted by molar-refractivity contribution is 0.0691. The molecule has 0 radical (unpaired) electrons. The maximum atomic E-state index is 11.0. The van der Waals surface area contributed by atoms with Crippen molar-refractivity contribution in [2.45, 2.75) is 20.8 Å². The van der Waals surface area contributed by atoms with Crippen LogP contribution < -0.4 is 4.74 Å². The van der Waals surface area contributed by atoms with Crippen LogP contribution in [0.5, 0.6) is 5.75 Å². The van der Waals surface area contributed by atoms with Gasteiger partial charge < -0.3 is 14.7 Å². The van der Waals surface area contributed by atoms with Crippen LogP contribution in [0.3, 0.4) is 0 Å². The van der Waals surface area contributed by atoms with Crippen LogP contribution in [-0.2, 0) is 0 Å². The van der Waals surface area contributed by atoms with Crippen molar-refractivity contribution in [3.05, 3.63) is 29.8 Å². The Morgan fingerprint density at radius 3 is 2.53 bits per heavy atom. The van der Waals surface area contributed by atoms with Crippen molar-refractivity contribution in [2.24, 2.45) is 5.92 Å². The summed E-state index contributed by atoms with van der Waals surface area (Å²) in [6.07, 6.45) is 0. The van der Waals surface area contributed by atoms with Crippen LogP contribution in [0, 0.1) is 5.92 Å². The summed E-state index contributed by atoms with van der Waals surface area (Å²) in [5.74, 6) is -0.143. The van der Waals surface area contributed by atoms with E-state index < -0.39 is 5.97 Å². The molecule has 0 aliphatic heterocycles. The van der Waals surface area contributed by atoms with Crippen molar-refractivity contribution < 1.29 is 14.6 Å². The van der Waals surface area contributed by atoms with Gasteiger partial charge in [0.15, 0.2) is 0 Å². The Labute approximate surface area is 115 Å². The average molecular weight is 265 g/mol. The second kappa shape index (κ2) is 7.79. The summed E-state index contributed by atoms with van der Waals surface area (Å²) in [4.78, 5) is 13.4. The second-order valence-corrected chi connectivity index (χ2v) is 4.70. The first kappa shape index (κ1) is 15.5. The van der Waals surface area contributed by atoms with Crippen molar-refractivity contribution >= 4 is 5.97 Å². The number of carboxylic acids is 1. The van der Waals surface area contributed by atoms with Gasteiger partial charge in [0.25, 0.3) is 0 Å². The first-order valence-electron chi connectivity index (χ1n) is 6.75. The minimum atomic E-state index is -0.952. The van der Waals surface area contributed by atoms with Crippen LogP contribution in [0.25, 0.3) is 0 Å². The minimum absolute atomic E-state index is 0.220. The topological polar surface area (TPSA) is 49.8 Å². The van der Waals surface area contributed by atoms with Crippen LogP contribution in [0.15, 0.2) is 24.3 Å². The lowest BCUT2D eigenvalue weighted by atomic mass is 10.1. The zero-order valence-electron chi connectivity index (χ0n) is 11.9. The third-order valence-corrected chi connectivity index (χ3v) is 3.11. The van der Waals surface area contributed by atoms with Gasteiger partial charge in [-0.05, 0) is 25.2 Å². The summed E-state index contributed by atoms with van der Waals surface area (Å²) in [5, 5.41) is 9.06. The Morgan fingerprint density at radius 2 is 1.95 bits per heavy atom. The Kier molecular flexibility index (Phi) is 6.36. The third-order valence-electron chi connectivity index (χ3n) is 3.11. The fraction of sp³-hybridized carbons (Fsp3) is 0.533. The van der Waals surface area contributed by atoms with Gasteiger partial charge in [-0.3, -0.25) is 0 Å². The molecule has 1 N–H and O–H groups in total. The van der Waals surface area contributed by atoms with E-state index in [1.807, 2.05) is 0 Å². The predicted molar refractivity (Wildman–Crippen MR) is 75.8 cm³/mol. The zero-order chi connectivity index (χ0) is 14.3. The molecule has 0 heterocycles. The van der Waals surface area contributed by atoms with E-state index in [9.17, 15) is 4.79 Å². The van der Waals surface area contributed by atoms with Gasteiger partial charge in [0.2, 0.25) is 0 Å². The predicted octanol–water partition coefficient (Wildman–Crippen LogP) is 2.74. The number of carbonyl (C=O) groups is 1. The first-order valence-corrected chi connectivity index (χ1v) is 6.75. The molecule has 0 fully saturated rings. The average Bonchev–Trinajstić information content (AvgIpc) is 2.42. The maximum absolute atomic E-state index is 11.0. The van der Waals surface area contributed by atoms with Gasteiger partial charge in [0, 0.05) is 12.5 Å². The Balaban J connectivity index is 2.55. The molecule has 0 aromatic heterocycles. The molecule has 1 aromatic carbocycles. The van der Waals surface area contributed by atoms with Crippen LogP contribution in [-0.4, -0.2) is 42.2 Å². The lowest BCUT2D eigenvalue weighted by Gasteiger charge is -2.23. The molecule has 0 bridgehead atoms. The number of aromatic carboxylic acids is 1. The fourth-order valence-corrected chi connectivity index (χ4v) is 1.98. The van der Waals surface area contributed by atoms with E-state index in [1.165, 1.54) is 0 Å². The van der Waals surface area contributed by atoms with Crippen molar-refractivity contribution in [1.82, 2.24) is 4.90 Å².